The van der Waals surface area contributed by atoms with E-state index in [0.717, 1.165) is 12.4 Å². The van der Waals surface area contributed by atoms with E-state index in [2.05, 4.69) is 21.1 Å². The molecule has 0 spiro atoms. The van der Waals surface area contributed by atoms with Crippen molar-refractivity contribution in [2.45, 2.75) is 0 Å². The van der Waals surface area contributed by atoms with Gasteiger partial charge >= 0.3 is 11.4 Å². The number of rotatable bonds is 11. The predicted octanol–water partition coefficient (Wildman–Crippen LogP) is 1.16. The van der Waals surface area contributed by atoms with Crippen molar-refractivity contribution in [3.05, 3.63) is 68.8 Å². The third-order valence-corrected chi connectivity index (χ3v) is 3.44. The van der Waals surface area contributed by atoms with Crippen LogP contribution in [0.4, 0.5) is 11.4 Å². The molecule has 2 aromatic carbocycles. The minimum Gasteiger partial charge on any atom is -0.477 e. The molecule has 0 aliphatic rings. The third kappa shape index (κ3) is 7.51. The number of para-hydroxylation sites is 4. The van der Waals surface area contributed by atoms with Gasteiger partial charge in [0, 0.05) is 12.1 Å². The predicted molar refractivity (Wildman–Crippen MR) is 110 cm³/mol. The zero-order valence-corrected chi connectivity index (χ0v) is 16.2. The van der Waals surface area contributed by atoms with Crippen LogP contribution in [0.5, 0.6) is 11.5 Å². The fourth-order valence-corrected chi connectivity index (χ4v) is 2.10. The van der Waals surface area contributed by atoms with Crippen LogP contribution < -0.4 is 20.3 Å². The van der Waals surface area contributed by atoms with E-state index in [1.165, 1.54) is 48.5 Å². The minimum atomic E-state index is -0.685. The Hall–Kier alpha value is -4.88. The van der Waals surface area contributed by atoms with E-state index in [1.54, 1.807) is 0 Å². The largest absolute Gasteiger partial charge is 0.477 e. The molecule has 0 atom stereocenters. The average molecular weight is 444 g/mol. The normalized spacial score (nSPS) is 10.6. The second-order valence-corrected chi connectivity index (χ2v) is 5.65. The molecule has 0 aliphatic heterocycles. The highest BCUT2D eigenvalue weighted by atomic mass is 16.6. The van der Waals surface area contributed by atoms with Crippen LogP contribution in [0.1, 0.15) is 0 Å². The summed E-state index contributed by atoms with van der Waals surface area (Å²) < 4.78 is 10.2. The molecule has 166 valence electrons. The van der Waals surface area contributed by atoms with Gasteiger partial charge in [0.15, 0.2) is 24.7 Å². The average Bonchev–Trinajstić information content (AvgIpc) is 2.78. The van der Waals surface area contributed by atoms with Gasteiger partial charge in [-0.15, -0.1) is 0 Å². The first kappa shape index (κ1) is 23.4. The van der Waals surface area contributed by atoms with Crippen LogP contribution in [0, 0.1) is 20.2 Å². The molecule has 14 nitrogen and oxygen atoms in total. The second kappa shape index (κ2) is 12.0. The quantitative estimate of drug-likeness (QED) is 0.293. The Balaban J connectivity index is 1.69. The first-order valence-corrected chi connectivity index (χ1v) is 8.73. The van der Waals surface area contributed by atoms with Gasteiger partial charge in [0.2, 0.25) is 0 Å². The van der Waals surface area contributed by atoms with E-state index in [9.17, 15) is 29.8 Å². The van der Waals surface area contributed by atoms with Gasteiger partial charge in [0.25, 0.3) is 11.8 Å². The molecular weight excluding hydrogens is 428 g/mol. The third-order valence-electron chi connectivity index (χ3n) is 3.44. The van der Waals surface area contributed by atoms with Crippen LogP contribution in [-0.2, 0) is 9.59 Å². The summed E-state index contributed by atoms with van der Waals surface area (Å²) in [5.41, 5.74) is 3.63. The van der Waals surface area contributed by atoms with Crippen molar-refractivity contribution < 1.29 is 28.9 Å². The molecule has 2 N–H and O–H groups in total. The number of hydrogen-bond donors (Lipinski definition) is 2. The van der Waals surface area contributed by atoms with Gasteiger partial charge in [0.05, 0.1) is 22.3 Å². The number of hydrazone groups is 2. The fourth-order valence-electron chi connectivity index (χ4n) is 2.10. The summed E-state index contributed by atoms with van der Waals surface area (Å²) in [6.45, 7) is -1.03. The number of nitrogens with zero attached hydrogens (tertiary/aromatic N) is 4. The number of ether oxygens (including phenoxy) is 2. The van der Waals surface area contributed by atoms with Crippen molar-refractivity contribution in [3.8, 4) is 11.5 Å². The lowest BCUT2D eigenvalue weighted by molar-refractivity contribution is -0.386. The van der Waals surface area contributed by atoms with Crippen molar-refractivity contribution in [3.63, 3.8) is 0 Å². The number of amides is 2. The number of nitrogens with one attached hydrogen (secondary N) is 2. The van der Waals surface area contributed by atoms with E-state index < -0.39 is 34.9 Å². The van der Waals surface area contributed by atoms with Gasteiger partial charge in [0.1, 0.15) is 0 Å². The maximum absolute atomic E-state index is 11.6. The molecule has 14 heteroatoms. The highest BCUT2D eigenvalue weighted by Gasteiger charge is 2.15. The van der Waals surface area contributed by atoms with E-state index in [4.69, 9.17) is 9.47 Å². The number of nitro benzene ring substituents is 2. The molecule has 32 heavy (non-hydrogen) atoms. The molecule has 2 rings (SSSR count). The van der Waals surface area contributed by atoms with Crippen molar-refractivity contribution in [1.29, 1.82) is 0 Å². The summed E-state index contributed by atoms with van der Waals surface area (Å²) in [7, 11) is 0. The zero-order valence-electron chi connectivity index (χ0n) is 16.2. The molecule has 0 saturated heterocycles. The van der Waals surface area contributed by atoms with Crippen LogP contribution in [0.15, 0.2) is 58.7 Å². The van der Waals surface area contributed by atoms with Crippen molar-refractivity contribution in [1.82, 2.24) is 10.9 Å². The van der Waals surface area contributed by atoms with Gasteiger partial charge in [-0.1, -0.05) is 24.3 Å². The van der Waals surface area contributed by atoms with Gasteiger partial charge in [-0.05, 0) is 12.1 Å². The Morgan fingerprint density at radius 1 is 0.781 bits per heavy atom. The van der Waals surface area contributed by atoms with Gasteiger partial charge in [-0.3, -0.25) is 29.8 Å². The maximum Gasteiger partial charge on any atom is 0.310 e. The summed E-state index contributed by atoms with van der Waals surface area (Å²) in [5, 5.41) is 28.8. The Morgan fingerprint density at radius 2 is 1.16 bits per heavy atom. The van der Waals surface area contributed by atoms with Gasteiger partial charge < -0.3 is 9.47 Å². The summed E-state index contributed by atoms with van der Waals surface area (Å²) in [6, 6.07) is 11.2. The van der Waals surface area contributed by atoms with Crippen LogP contribution in [0.2, 0.25) is 0 Å². The Bertz CT molecular complexity index is 972. The van der Waals surface area contributed by atoms with Crippen molar-refractivity contribution in [2.75, 3.05) is 13.2 Å². The zero-order chi connectivity index (χ0) is 23.3. The molecule has 0 radical (unpaired) electrons. The molecule has 0 unspecified atom stereocenters. The monoisotopic (exact) mass is 444 g/mol. The number of benzene rings is 2. The number of hydrogen-bond acceptors (Lipinski definition) is 10. The summed E-state index contributed by atoms with van der Waals surface area (Å²) in [4.78, 5) is 43.7. The van der Waals surface area contributed by atoms with E-state index in [1.807, 2.05) is 0 Å². The molecule has 2 aromatic rings. The standard InChI is InChI=1S/C18H16N6O8/c25-17(11-31-15-7-3-1-5-13(15)23(27)28)21-19-9-10-20-22-18(26)12-32-16-8-4-2-6-14(16)24(29)30/h1-10H,11-12H2,(H,21,25)(H,22,26)/b19-9+,20-10+. The molecule has 0 aromatic heterocycles. The van der Waals surface area contributed by atoms with Crippen LogP contribution in [-0.4, -0.2) is 47.3 Å². The van der Waals surface area contributed by atoms with E-state index in [0.29, 0.717) is 0 Å². The topological polar surface area (TPSA) is 188 Å². The van der Waals surface area contributed by atoms with Crippen LogP contribution in [0.3, 0.4) is 0 Å². The summed E-state index contributed by atoms with van der Waals surface area (Å²) in [5.74, 6) is -1.50. The number of carbonyl (C=O) groups excluding carboxylic acids is 2. The Kier molecular flexibility index (Phi) is 8.75. The van der Waals surface area contributed by atoms with Gasteiger partial charge in [-0.2, -0.15) is 10.2 Å². The highest BCUT2D eigenvalue weighted by molar-refractivity contribution is 6.16. The second-order valence-electron chi connectivity index (χ2n) is 5.65. The van der Waals surface area contributed by atoms with Crippen molar-refractivity contribution in [2.24, 2.45) is 10.2 Å². The summed E-state index contributed by atoms with van der Waals surface area (Å²) >= 11 is 0. The summed E-state index contributed by atoms with van der Waals surface area (Å²) in [6.07, 6.45) is 2.10. The fraction of sp³-hybridized carbons (Fsp3) is 0.111. The molecule has 0 fully saturated rings. The van der Waals surface area contributed by atoms with E-state index >= 15 is 0 Å². The van der Waals surface area contributed by atoms with Gasteiger partial charge in [-0.25, -0.2) is 10.9 Å². The first-order chi connectivity index (χ1) is 15.4. The van der Waals surface area contributed by atoms with Crippen LogP contribution >= 0.6 is 0 Å². The SMILES string of the molecule is O=C(COc1ccccc1[N+](=O)[O-])N/N=C/C=N/NC(=O)COc1ccccc1[N+](=O)[O-]. The van der Waals surface area contributed by atoms with Crippen molar-refractivity contribution >= 4 is 35.6 Å². The molecule has 0 saturated carbocycles. The minimum absolute atomic E-state index is 0.0658. The number of nitro groups is 2. The molecular formula is C18H16N6O8. The highest BCUT2D eigenvalue weighted by Crippen LogP contribution is 2.26. The Labute approximate surface area is 179 Å². The Morgan fingerprint density at radius 3 is 1.53 bits per heavy atom. The number of carbonyl (C=O) groups is 2. The van der Waals surface area contributed by atoms with Crippen LogP contribution in [0.25, 0.3) is 0 Å². The lowest BCUT2D eigenvalue weighted by Gasteiger charge is -2.05. The maximum atomic E-state index is 11.6. The first-order valence-electron chi connectivity index (χ1n) is 8.73. The smallest absolute Gasteiger partial charge is 0.310 e. The molecule has 0 bridgehead atoms. The lowest BCUT2D eigenvalue weighted by atomic mass is 10.3. The molecule has 2 amide bonds. The van der Waals surface area contributed by atoms with E-state index in [-0.39, 0.29) is 22.9 Å². The molecule has 0 aliphatic carbocycles. The lowest BCUT2D eigenvalue weighted by Crippen LogP contribution is -2.25. The molecule has 0 heterocycles.